The molecule has 0 aliphatic rings. The molecule has 0 aliphatic heterocycles. The summed E-state index contributed by atoms with van der Waals surface area (Å²) in [6.45, 7) is 3.70. The highest BCUT2D eigenvalue weighted by Gasteiger charge is 2.13. The number of hydrogen-bond acceptors (Lipinski definition) is 1. The van der Waals surface area contributed by atoms with Crippen molar-refractivity contribution >= 4 is 11.5 Å². The lowest BCUT2D eigenvalue weighted by Crippen LogP contribution is -2.35. The fraction of sp³-hybridized carbons (Fsp3) is 0.190. The Morgan fingerprint density at radius 1 is 1.00 bits per heavy atom. The average molecular weight is 303 g/mol. The van der Waals surface area contributed by atoms with Crippen LogP contribution in [-0.4, -0.2) is 11.9 Å². The molecule has 1 unspecified atom stereocenters. The van der Waals surface area contributed by atoms with Crippen molar-refractivity contribution in [2.75, 3.05) is 0 Å². The van der Waals surface area contributed by atoms with E-state index in [2.05, 4.69) is 11.2 Å². The second-order valence-electron chi connectivity index (χ2n) is 5.62. The predicted molar refractivity (Wildman–Crippen MR) is 95.6 cm³/mol. The Kier molecular flexibility index (Phi) is 5.77. The van der Waals surface area contributed by atoms with Crippen LogP contribution >= 0.6 is 0 Å². The van der Waals surface area contributed by atoms with Gasteiger partial charge in [0.05, 0.1) is 0 Å². The van der Waals surface area contributed by atoms with Crippen molar-refractivity contribution < 1.29 is 4.79 Å². The van der Waals surface area contributed by atoms with E-state index in [9.17, 15) is 4.79 Å². The zero-order valence-electron chi connectivity index (χ0n) is 13.5. The first-order valence-corrected chi connectivity index (χ1v) is 7.71. The van der Waals surface area contributed by atoms with E-state index in [-0.39, 0.29) is 11.8 Å². The van der Waals surface area contributed by atoms with E-state index >= 15 is 0 Å². The fourth-order valence-corrected chi connectivity index (χ4v) is 2.21. The molecule has 2 rings (SSSR count). The monoisotopic (exact) mass is 303 g/mol. The molecule has 2 heteroatoms. The van der Waals surface area contributed by atoms with E-state index in [4.69, 9.17) is 6.42 Å². The van der Waals surface area contributed by atoms with Gasteiger partial charge in [-0.3, -0.25) is 4.79 Å². The maximum Gasteiger partial charge on any atom is 0.223 e. The van der Waals surface area contributed by atoms with Gasteiger partial charge in [0, 0.05) is 5.92 Å². The normalized spacial score (nSPS) is 11.4. The minimum absolute atomic E-state index is 0.0512. The van der Waals surface area contributed by atoms with Crippen LogP contribution < -0.4 is 5.32 Å². The minimum Gasteiger partial charge on any atom is -0.339 e. The summed E-state index contributed by atoms with van der Waals surface area (Å²) in [6, 6.07) is 19.6. The van der Waals surface area contributed by atoms with E-state index in [1.165, 1.54) is 0 Å². The predicted octanol–water partition coefficient (Wildman–Crippen LogP) is 3.89. The van der Waals surface area contributed by atoms with Crippen molar-refractivity contribution in [3.05, 3.63) is 77.9 Å². The van der Waals surface area contributed by atoms with Gasteiger partial charge in [-0.15, -0.1) is 6.42 Å². The maximum absolute atomic E-state index is 11.9. The molecule has 0 saturated carbocycles. The number of amides is 1. The smallest absolute Gasteiger partial charge is 0.223 e. The zero-order valence-corrected chi connectivity index (χ0v) is 13.5. The fourth-order valence-electron chi connectivity index (χ4n) is 2.21. The Morgan fingerprint density at radius 2 is 1.48 bits per heavy atom. The summed E-state index contributed by atoms with van der Waals surface area (Å²) in [6.07, 6.45) is 7.55. The van der Waals surface area contributed by atoms with Crippen LogP contribution in [0.15, 0.2) is 66.7 Å². The lowest BCUT2D eigenvalue weighted by atomic mass is 9.96. The van der Waals surface area contributed by atoms with Gasteiger partial charge in [-0.1, -0.05) is 80.4 Å². The molecule has 0 aromatic heterocycles. The largest absolute Gasteiger partial charge is 0.339 e. The molecule has 2 aromatic carbocycles. The molecule has 116 valence electrons. The summed E-state index contributed by atoms with van der Waals surface area (Å²) < 4.78 is 0. The van der Waals surface area contributed by atoms with Gasteiger partial charge >= 0.3 is 0 Å². The number of carbonyl (C=O) groups is 1. The molecule has 0 aliphatic carbocycles. The van der Waals surface area contributed by atoms with E-state index in [1.807, 2.05) is 80.6 Å². The lowest BCUT2D eigenvalue weighted by Gasteiger charge is -2.15. The molecule has 0 saturated heterocycles. The van der Waals surface area contributed by atoms with Crippen LogP contribution in [-0.2, 0) is 4.79 Å². The number of terminal acetylenes is 1. The van der Waals surface area contributed by atoms with Crippen LogP contribution in [0.5, 0.6) is 0 Å². The van der Waals surface area contributed by atoms with Crippen LogP contribution in [0.25, 0.3) is 5.57 Å². The summed E-state index contributed by atoms with van der Waals surface area (Å²) >= 11 is 0. The number of rotatable bonds is 5. The lowest BCUT2D eigenvalue weighted by molar-refractivity contribution is -0.124. The Labute approximate surface area is 138 Å². The van der Waals surface area contributed by atoms with Crippen molar-refractivity contribution in [2.45, 2.75) is 19.9 Å². The first-order valence-electron chi connectivity index (χ1n) is 7.71. The number of carbonyl (C=O) groups excluding carboxylic acids is 1. The van der Waals surface area contributed by atoms with Crippen LogP contribution in [0.1, 0.15) is 25.0 Å². The number of benzene rings is 2. The van der Waals surface area contributed by atoms with Crippen LogP contribution in [0.3, 0.4) is 0 Å². The van der Waals surface area contributed by atoms with Gasteiger partial charge in [0.25, 0.3) is 0 Å². The second-order valence-corrected chi connectivity index (χ2v) is 5.62. The third kappa shape index (κ3) is 4.59. The van der Waals surface area contributed by atoms with Crippen LogP contribution in [0, 0.1) is 18.3 Å². The SMILES string of the molecule is C#CC(C=C(c1ccccc1)c1ccccc1)NC(=O)C(C)C. The molecule has 0 heterocycles. The molecule has 0 fully saturated rings. The molecule has 2 nitrogen and oxygen atoms in total. The third-order valence-corrected chi connectivity index (χ3v) is 3.50. The van der Waals surface area contributed by atoms with Crippen molar-refractivity contribution in [3.8, 4) is 12.3 Å². The van der Waals surface area contributed by atoms with Gasteiger partial charge in [-0.2, -0.15) is 0 Å². The van der Waals surface area contributed by atoms with Crippen molar-refractivity contribution in [3.63, 3.8) is 0 Å². The molecule has 1 atom stereocenters. The van der Waals surface area contributed by atoms with Crippen molar-refractivity contribution in [2.24, 2.45) is 5.92 Å². The van der Waals surface area contributed by atoms with Gasteiger partial charge in [0.1, 0.15) is 6.04 Å². The van der Waals surface area contributed by atoms with Crippen LogP contribution in [0.4, 0.5) is 0 Å². The topological polar surface area (TPSA) is 29.1 Å². The number of hydrogen-bond donors (Lipinski definition) is 1. The summed E-state index contributed by atoms with van der Waals surface area (Å²) in [5, 5.41) is 2.88. The Balaban J connectivity index is 2.41. The van der Waals surface area contributed by atoms with Crippen molar-refractivity contribution in [1.29, 1.82) is 0 Å². The van der Waals surface area contributed by atoms with E-state index in [1.54, 1.807) is 0 Å². The first kappa shape index (κ1) is 16.6. The summed E-state index contributed by atoms with van der Waals surface area (Å²) in [4.78, 5) is 11.9. The molecule has 0 radical (unpaired) electrons. The molecular formula is C21H21NO. The molecule has 1 amide bonds. The first-order chi connectivity index (χ1) is 11.1. The molecule has 1 N–H and O–H groups in total. The third-order valence-electron chi connectivity index (χ3n) is 3.50. The maximum atomic E-state index is 11.9. The number of nitrogens with one attached hydrogen (secondary N) is 1. The van der Waals surface area contributed by atoms with E-state index < -0.39 is 6.04 Å². The summed E-state index contributed by atoms with van der Waals surface area (Å²) in [7, 11) is 0. The quantitative estimate of drug-likeness (QED) is 0.834. The molecule has 0 bridgehead atoms. The van der Waals surface area contributed by atoms with Gasteiger partial charge in [0.2, 0.25) is 5.91 Å². The molecule has 23 heavy (non-hydrogen) atoms. The Hall–Kier alpha value is -2.79. The van der Waals surface area contributed by atoms with E-state index in [0.717, 1.165) is 16.7 Å². The molecule has 2 aromatic rings. The Morgan fingerprint density at radius 3 is 1.87 bits per heavy atom. The van der Waals surface area contributed by atoms with Gasteiger partial charge in [0.15, 0.2) is 0 Å². The standard InChI is InChI=1S/C21H21NO/c1-4-19(22-21(23)16(2)3)15-20(17-11-7-5-8-12-17)18-13-9-6-10-14-18/h1,5-16,19H,2-3H3,(H,22,23). The van der Waals surface area contributed by atoms with Gasteiger partial charge in [-0.25, -0.2) is 0 Å². The minimum atomic E-state index is -0.444. The average Bonchev–Trinajstić information content (AvgIpc) is 2.59. The summed E-state index contributed by atoms with van der Waals surface area (Å²) in [5.41, 5.74) is 3.15. The van der Waals surface area contributed by atoms with Gasteiger partial charge in [-0.05, 0) is 22.8 Å². The second kappa shape index (κ2) is 8.00. The zero-order chi connectivity index (χ0) is 16.7. The van der Waals surface area contributed by atoms with Gasteiger partial charge < -0.3 is 5.32 Å². The molecule has 0 spiro atoms. The Bertz CT molecular complexity index is 667. The molecular weight excluding hydrogens is 282 g/mol. The highest BCUT2D eigenvalue weighted by molar-refractivity contribution is 5.82. The summed E-state index contributed by atoms with van der Waals surface area (Å²) in [5.74, 6) is 2.50. The van der Waals surface area contributed by atoms with Crippen molar-refractivity contribution in [1.82, 2.24) is 5.32 Å². The van der Waals surface area contributed by atoms with E-state index in [0.29, 0.717) is 0 Å². The highest BCUT2D eigenvalue weighted by Crippen LogP contribution is 2.23. The highest BCUT2D eigenvalue weighted by atomic mass is 16.1. The van der Waals surface area contributed by atoms with Crippen LogP contribution in [0.2, 0.25) is 0 Å².